The number of benzene rings is 1. The molecule has 1 heterocycles. The SMILES string of the molecule is C[C@@]12CCC[C@H]1[C@@H]1CN(C(=O)Nc3cccc(C(F)(F)F)c3)C3=CC(=O)C(Br)C[C@]3(C)[C@H]1CC2. The third kappa shape index (κ3) is 3.80. The number of carbonyl (C=O) groups excluding carboxylic acids is 2. The number of rotatable bonds is 1. The van der Waals surface area contributed by atoms with Crippen LogP contribution in [0, 0.1) is 28.6 Å². The van der Waals surface area contributed by atoms with Crippen LogP contribution in [0.25, 0.3) is 0 Å². The average molecular weight is 539 g/mol. The minimum absolute atomic E-state index is 0.0655. The summed E-state index contributed by atoms with van der Waals surface area (Å²) in [5.41, 5.74) is -0.0722. The van der Waals surface area contributed by atoms with Crippen LogP contribution >= 0.6 is 15.9 Å². The molecule has 4 aliphatic rings. The van der Waals surface area contributed by atoms with Crippen molar-refractivity contribution in [1.29, 1.82) is 0 Å². The van der Waals surface area contributed by atoms with E-state index in [1.807, 2.05) is 0 Å². The number of urea groups is 1. The van der Waals surface area contributed by atoms with Gasteiger partial charge in [0.1, 0.15) is 0 Å². The third-order valence-corrected chi connectivity index (χ3v) is 9.96. The number of amides is 2. The van der Waals surface area contributed by atoms with Crippen LogP contribution in [0.1, 0.15) is 57.9 Å². The Labute approximate surface area is 206 Å². The summed E-state index contributed by atoms with van der Waals surface area (Å²) in [6.07, 6.45) is 3.50. The lowest BCUT2D eigenvalue weighted by atomic mass is 9.50. The number of carbonyl (C=O) groups is 2. The fourth-order valence-electron chi connectivity index (χ4n) is 7.49. The lowest BCUT2D eigenvalue weighted by Gasteiger charge is -2.60. The van der Waals surface area contributed by atoms with Gasteiger partial charge in [0.25, 0.3) is 0 Å². The van der Waals surface area contributed by atoms with Gasteiger partial charge in [0, 0.05) is 29.4 Å². The first-order valence-corrected chi connectivity index (χ1v) is 13.0. The fraction of sp³-hybridized carbons (Fsp3) is 0.615. The standard InChI is InChI=1S/C26H30BrF3N2O2/c1-24-9-4-7-18(24)17-14-32(23(34)31-16-6-3-5-15(11-16)26(28,29)30)22-12-21(33)20(27)13-25(22,2)19(17)8-10-24/h3,5-6,11-12,17-20H,4,7-10,13-14H2,1-2H3,(H,31,34)/t17-,18-,19-,20?,24-,25+/m0/s1. The molecule has 0 aromatic heterocycles. The Morgan fingerprint density at radius 1 is 1.18 bits per heavy atom. The van der Waals surface area contributed by atoms with E-state index >= 15 is 0 Å². The number of alkyl halides is 4. The number of halogens is 4. The number of nitrogens with zero attached hydrogens (tertiary/aromatic N) is 1. The molecule has 1 unspecified atom stereocenters. The van der Waals surface area contributed by atoms with E-state index < -0.39 is 17.8 Å². The maximum atomic E-state index is 13.5. The van der Waals surface area contributed by atoms with Crippen molar-refractivity contribution < 1.29 is 22.8 Å². The normalized spacial score (nSPS) is 37.4. The molecule has 5 rings (SSSR count). The second-order valence-electron chi connectivity index (χ2n) is 11.1. The molecular formula is C26H30BrF3N2O2. The Hall–Kier alpha value is -1.83. The van der Waals surface area contributed by atoms with Gasteiger partial charge in [0.05, 0.1) is 10.4 Å². The first kappa shape index (κ1) is 23.9. The molecule has 34 heavy (non-hydrogen) atoms. The smallest absolute Gasteiger partial charge is 0.308 e. The zero-order chi connectivity index (χ0) is 24.5. The molecule has 1 saturated heterocycles. The van der Waals surface area contributed by atoms with Crippen LogP contribution in [0.2, 0.25) is 0 Å². The molecule has 3 aliphatic carbocycles. The molecular weight excluding hydrogens is 509 g/mol. The summed E-state index contributed by atoms with van der Waals surface area (Å²) in [6.45, 7) is 5.04. The molecule has 4 nitrogen and oxygen atoms in total. The molecule has 2 amide bonds. The number of fused-ring (bicyclic) bond motifs is 5. The topological polar surface area (TPSA) is 49.4 Å². The number of hydrogen-bond acceptors (Lipinski definition) is 2. The maximum Gasteiger partial charge on any atom is 0.416 e. The zero-order valence-corrected chi connectivity index (χ0v) is 21.0. The van der Waals surface area contributed by atoms with Crippen molar-refractivity contribution in [3.63, 3.8) is 0 Å². The molecule has 8 heteroatoms. The van der Waals surface area contributed by atoms with Gasteiger partial charge in [-0.2, -0.15) is 13.2 Å². The second-order valence-corrected chi connectivity index (χ2v) is 12.2. The van der Waals surface area contributed by atoms with Crippen LogP contribution in [0.5, 0.6) is 0 Å². The number of anilines is 1. The summed E-state index contributed by atoms with van der Waals surface area (Å²) in [4.78, 5) is 27.6. The number of likely N-dealkylation sites (tertiary alicyclic amines) is 1. The van der Waals surface area contributed by atoms with Crippen LogP contribution in [0.15, 0.2) is 36.0 Å². The molecule has 2 saturated carbocycles. The van der Waals surface area contributed by atoms with Crippen LogP contribution in [0.4, 0.5) is 23.7 Å². The predicted molar refractivity (Wildman–Crippen MR) is 127 cm³/mol. The number of piperidine rings is 1. The summed E-state index contributed by atoms with van der Waals surface area (Å²) in [7, 11) is 0. The third-order valence-electron chi connectivity index (χ3n) is 9.18. The van der Waals surface area contributed by atoms with E-state index in [-0.39, 0.29) is 27.1 Å². The lowest BCUT2D eigenvalue weighted by Crippen LogP contribution is -2.59. The fourth-order valence-corrected chi connectivity index (χ4v) is 8.29. The van der Waals surface area contributed by atoms with Gasteiger partial charge in [0.2, 0.25) is 0 Å². The Bertz CT molecular complexity index is 1060. The quantitative estimate of drug-likeness (QED) is 0.391. The van der Waals surface area contributed by atoms with Gasteiger partial charge in [-0.15, -0.1) is 0 Å². The van der Waals surface area contributed by atoms with E-state index in [9.17, 15) is 22.8 Å². The van der Waals surface area contributed by atoms with Crippen molar-refractivity contribution in [2.75, 3.05) is 11.9 Å². The highest BCUT2D eigenvalue weighted by Gasteiger charge is 2.59. The Balaban J connectivity index is 1.50. The second kappa shape index (κ2) is 8.10. The molecule has 6 atom stereocenters. The Morgan fingerprint density at radius 3 is 2.68 bits per heavy atom. The van der Waals surface area contributed by atoms with E-state index in [0.29, 0.717) is 36.4 Å². The van der Waals surface area contributed by atoms with E-state index in [1.54, 1.807) is 11.0 Å². The van der Waals surface area contributed by atoms with Gasteiger partial charge in [-0.1, -0.05) is 42.3 Å². The Morgan fingerprint density at radius 2 is 1.94 bits per heavy atom. The maximum absolute atomic E-state index is 13.5. The molecule has 0 bridgehead atoms. The van der Waals surface area contributed by atoms with Crippen molar-refractivity contribution in [2.24, 2.45) is 28.6 Å². The average Bonchev–Trinajstić information content (AvgIpc) is 3.16. The van der Waals surface area contributed by atoms with E-state index in [4.69, 9.17) is 0 Å². The van der Waals surface area contributed by atoms with Crippen molar-refractivity contribution in [2.45, 2.75) is 63.4 Å². The molecule has 1 aliphatic heterocycles. The van der Waals surface area contributed by atoms with Gasteiger partial charge in [-0.25, -0.2) is 4.79 Å². The van der Waals surface area contributed by atoms with Crippen LogP contribution in [-0.2, 0) is 11.0 Å². The minimum atomic E-state index is -4.49. The van der Waals surface area contributed by atoms with E-state index in [2.05, 4.69) is 35.1 Å². The molecule has 184 valence electrons. The molecule has 0 radical (unpaired) electrons. The predicted octanol–water partition coefficient (Wildman–Crippen LogP) is 7.01. The van der Waals surface area contributed by atoms with Gasteiger partial charge in [-0.05, 0) is 73.5 Å². The molecule has 1 N–H and O–H groups in total. The first-order valence-electron chi connectivity index (χ1n) is 12.1. The highest BCUT2D eigenvalue weighted by atomic mass is 79.9. The van der Waals surface area contributed by atoms with Gasteiger partial charge < -0.3 is 5.32 Å². The number of nitrogens with one attached hydrogen (secondary N) is 1. The Kier molecular flexibility index (Phi) is 5.69. The summed E-state index contributed by atoms with van der Waals surface area (Å²) < 4.78 is 39.6. The number of ketones is 1. The van der Waals surface area contributed by atoms with Gasteiger partial charge >= 0.3 is 12.2 Å². The molecule has 0 spiro atoms. The number of allylic oxidation sites excluding steroid dienone is 2. The highest BCUT2D eigenvalue weighted by Crippen LogP contribution is 2.64. The summed E-state index contributed by atoms with van der Waals surface area (Å²) in [5.74, 6) is 1.13. The largest absolute Gasteiger partial charge is 0.416 e. The van der Waals surface area contributed by atoms with Crippen molar-refractivity contribution in [1.82, 2.24) is 4.90 Å². The lowest BCUT2D eigenvalue weighted by molar-refractivity contribution is -0.137. The van der Waals surface area contributed by atoms with Crippen molar-refractivity contribution >= 4 is 33.4 Å². The number of hydrogen-bond donors (Lipinski definition) is 1. The molecule has 3 fully saturated rings. The minimum Gasteiger partial charge on any atom is -0.308 e. The van der Waals surface area contributed by atoms with E-state index in [0.717, 1.165) is 25.0 Å². The molecule has 1 aromatic rings. The van der Waals surface area contributed by atoms with Crippen LogP contribution < -0.4 is 5.32 Å². The summed E-state index contributed by atoms with van der Waals surface area (Å²) in [6, 6.07) is 4.22. The first-order chi connectivity index (χ1) is 15.9. The highest BCUT2D eigenvalue weighted by molar-refractivity contribution is 9.10. The van der Waals surface area contributed by atoms with Gasteiger partial charge in [0.15, 0.2) is 5.78 Å². The molecule has 1 aromatic carbocycles. The van der Waals surface area contributed by atoms with Crippen LogP contribution in [0.3, 0.4) is 0 Å². The monoisotopic (exact) mass is 538 g/mol. The van der Waals surface area contributed by atoms with Crippen molar-refractivity contribution in [3.8, 4) is 0 Å². The summed E-state index contributed by atoms with van der Waals surface area (Å²) >= 11 is 3.55. The summed E-state index contributed by atoms with van der Waals surface area (Å²) in [5, 5.41) is 2.69. The van der Waals surface area contributed by atoms with Crippen molar-refractivity contribution in [3.05, 3.63) is 41.6 Å². The zero-order valence-electron chi connectivity index (χ0n) is 19.4. The van der Waals surface area contributed by atoms with Crippen LogP contribution in [-0.4, -0.2) is 28.1 Å². The van der Waals surface area contributed by atoms with Gasteiger partial charge in [-0.3, -0.25) is 9.69 Å². The van der Waals surface area contributed by atoms with E-state index in [1.165, 1.54) is 31.4 Å².